The summed E-state index contributed by atoms with van der Waals surface area (Å²) < 4.78 is 0. The first-order valence-electron chi connectivity index (χ1n) is 9.12. The highest BCUT2D eigenvalue weighted by Gasteiger charge is 2.23. The number of carbonyl (C=O) groups is 2. The standard InChI is InChI=1S/C19H30N4O2.ClH/c1-2-5-17(20)19(25)22-11-14-6-3-7-15(10-14)12-23-9-4-8-16(13-23)18(21)24;/h3,6-7,10,16-17H,2,4-5,8-9,11-13,20H2,1H3,(H2,21,24)(H,22,25);1H. The van der Waals surface area contributed by atoms with Crippen LogP contribution in [0.15, 0.2) is 24.3 Å². The van der Waals surface area contributed by atoms with Crippen LogP contribution in [-0.4, -0.2) is 35.8 Å². The number of likely N-dealkylation sites (tertiary alicyclic amines) is 1. The number of piperidine rings is 1. The molecule has 0 radical (unpaired) electrons. The SMILES string of the molecule is CCCC(N)C(=O)NCc1cccc(CN2CCCC(C(N)=O)C2)c1.Cl. The van der Waals surface area contributed by atoms with Gasteiger partial charge in [-0.05, 0) is 36.9 Å². The molecule has 1 fully saturated rings. The molecule has 0 aliphatic carbocycles. The van der Waals surface area contributed by atoms with Crippen LogP contribution in [0.4, 0.5) is 0 Å². The maximum absolute atomic E-state index is 11.9. The van der Waals surface area contributed by atoms with Crippen molar-refractivity contribution in [1.29, 1.82) is 0 Å². The Kier molecular flexibility index (Phi) is 9.62. The van der Waals surface area contributed by atoms with Gasteiger partial charge in [0.25, 0.3) is 0 Å². The quantitative estimate of drug-likeness (QED) is 0.634. The molecule has 1 aromatic carbocycles. The number of hydrogen-bond acceptors (Lipinski definition) is 4. The lowest BCUT2D eigenvalue weighted by atomic mass is 9.97. The Morgan fingerprint density at radius 1 is 1.35 bits per heavy atom. The highest BCUT2D eigenvalue weighted by atomic mass is 35.5. The predicted octanol–water partition coefficient (Wildman–Crippen LogP) is 1.55. The second kappa shape index (κ2) is 11.2. The van der Waals surface area contributed by atoms with Crippen LogP contribution in [0, 0.1) is 5.92 Å². The number of halogens is 1. The molecule has 5 N–H and O–H groups in total. The lowest BCUT2D eigenvalue weighted by Crippen LogP contribution is -2.40. The van der Waals surface area contributed by atoms with Gasteiger partial charge in [-0.15, -0.1) is 12.4 Å². The molecular formula is C19H31ClN4O2. The fourth-order valence-corrected chi connectivity index (χ4v) is 3.29. The first-order chi connectivity index (χ1) is 12.0. The number of amides is 2. The summed E-state index contributed by atoms with van der Waals surface area (Å²) in [4.78, 5) is 25.6. The molecule has 2 unspecified atom stereocenters. The summed E-state index contributed by atoms with van der Waals surface area (Å²) in [6, 6.07) is 7.73. The summed E-state index contributed by atoms with van der Waals surface area (Å²) >= 11 is 0. The summed E-state index contributed by atoms with van der Waals surface area (Å²) in [6.07, 6.45) is 3.47. The van der Waals surface area contributed by atoms with Crippen molar-refractivity contribution in [2.45, 2.75) is 51.7 Å². The van der Waals surface area contributed by atoms with E-state index in [1.54, 1.807) is 0 Å². The maximum atomic E-state index is 11.9. The zero-order valence-electron chi connectivity index (χ0n) is 15.4. The molecule has 6 nitrogen and oxygen atoms in total. The lowest BCUT2D eigenvalue weighted by Gasteiger charge is -2.31. The van der Waals surface area contributed by atoms with Gasteiger partial charge in [0.2, 0.25) is 11.8 Å². The van der Waals surface area contributed by atoms with Crippen LogP contribution in [0.25, 0.3) is 0 Å². The van der Waals surface area contributed by atoms with Crippen molar-refractivity contribution in [3.63, 3.8) is 0 Å². The van der Waals surface area contributed by atoms with Crippen LogP contribution in [0.1, 0.15) is 43.7 Å². The number of rotatable bonds is 8. The highest BCUT2D eigenvalue weighted by Crippen LogP contribution is 2.18. The van der Waals surface area contributed by atoms with Crippen molar-refractivity contribution < 1.29 is 9.59 Å². The van der Waals surface area contributed by atoms with E-state index in [1.165, 1.54) is 5.56 Å². The minimum atomic E-state index is -0.438. The molecule has 1 saturated heterocycles. The Morgan fingerprint density at radius 2 is 2.08 bits per heavy atom. The van der Waals surface area contributed by atoms with E-state index < -0.39 is 6.04 Å². The first kappa shape index (κ1) is 22.4. The number of primary amides is 1. The van der Waals surface area contributed by atoms with Gasteiger partial charge < -0.3 is 16.8 Å². The minimum absolute atomic E-state index is 0. The van der Waals surface area contributed by atoms with Crippen LogP contribution in [-0.2, 0) is 22.7 Å². The van der Waals surface area contributed by atoms with E-state index in [0.29, 0.717) is 13.0 Å². The fourth-order valence-electron chi connectivity index (χ4n) is 3.29. The van der Waals surface area contributed by atoms with Gasteiger partial charge in [0, 0.05) is 19.6 Å². The summed E-state index contributed by atoms with van der Waals surface area (Å²) in [5.74, 6) is -0.353. The molecular weight excluding hydrogens is 352 g/mol. The molecule has 2 amide bonds. The molecule has 2 atom stereocenters. The third-order valence-electron chi connectivity index (χ3n) is 4.71. The van der Waals surface area contributed by atoms with Crippen LogP contribution in [0.2, 0.25) is 0 Å². The molecule has 146 valence electrons. The Labute approximate surface area is 162 Å². The molecule has 1 aliphatic heterocycles. The molecule has 26 heavy (non-hydrogen) atoms. The molecule has 1 heterocycles. The van der Waals surface area contributed by atoms with E-state index in [2.05, 4.69) is 22.3 Å². The number of benzene rings is 1. The van der Waals surface area contributed by atoms with Crippen LogP contribution in [0.5, 0.6) is 0 Å². The van der Waals surface area contributed by atoms with E-state index in [9.17, 15) is 9.59 Å². The van der Waals surface area contributed by atoms with Gasteiger partial charge in [0.15, 0.2) is 0 Å². The van der Waals surface area contributed by atoms with Crippen molar-refractivity contribution in [1.82, 2.24) is 10.2 Å². The molecule has 1 aromatic rings. The largest absolute Gasteiger partial charge is 0.369 e. The van der Waals surface area contributed by atoms with Crippen molar-refractivity contribution in [2.75, 3.05) is 13.1 Å². The zero-order chi connectivity index (χ0) is 18.2. The zero-order valence-corrected chi connectivity index (χ0v) is 16.3. The number of nitrogens with one attached hydrogen (secondary N) is 1. The highest BCUT2D eigenvalue weighted by molar-refractivity contribution is 5.85. The summed E-state index contributed by atoms with van der Waals surface area (Å²) in [5, 5.41) is 2.90. The Balaban J connectivity index is 0.00000338. The molecule has 0 bridgehead atoms. The third kappa shape index (κ3) is 6.94. The fraction of sp³-hybridized carbons (Fsp3) is 0.579. The van der Waals surface area contributed by atoms with Gasteiger partial charge in [-0.2, -0.15) is 0 Å². The second-order valence-electron chi connectivity index (χ2n) is 6.91. The number of hydrogen-bond donors (Lipinski definition) is 3. The van der Waals surface area contributed by atoms with E-state index in [4.69, 9.17) is 11.5 Å². The lowest BCUT2D eigenvalue weighted by molar-refractivity contribution is -0.124. The van der Waals surface area contributed by atoms with Crippen molar-refractivity contribution in [3.8, 4) is 0 Å². The van der Waals surface area contributed by atoms with Gasteiger partial charge >= 0.3 is 0 Å². The van der Waals surface area contributed by atoms with E-state index in [-0.39, 0.29) is 30.1 Å². The topological polar surface area (TPSA) is 101 Å². The maximum Gasteiger partial charge on any atom is 0.237 e. The first-order valence-corrected chi connectivity index (χ1v) is 9.12. The molecule has 7 heteroatoms. The van der Waals surface area contributed by atoms with Crippen molar-refractivity contribution >= 4 is 24.2 Å². The Morgan fingerprint density at radius 3 is 2.77 bits per heavy atom. The molecule has 0 spiro atoms. The minimum Gasteiger partial charge on any atom is -0.369 e. The summed E-state index contributed by atoms with van der Waals surface area (Å²) in [6.45, 7) is 4.99. The van der Waals surface area contributed by atoms with Gasteiger partial charge in [-0.1, -0.05) is 37.6 Å². The number of nitrogens with zero attached hydrogens (tertiary/aromatic N) is 1. The average molecular weight is 383 g/mol. The van der Waals surface area contributed by atoms with Crippen LogP contribution < -0.4 is 16.8 Å². The monoisotopic (exact) mass is 382 g/mol. The number of nitrogens with two attached hydrogens (primary N) is 2. The van der Waals surface area contributed by atoms with Gasteiger partial charge in [-0.25, -0.2) is 0 Å². The van der Waals surface area contributed by atoms with Crippen molar-refractivity contribution in [2.24, 2.45) is 17.4 Å². The van der Waals surface area contributed by atoms with Crippen molar-refractivity contribution in [3.05, 3.63) is 35.4 Å². The number of carbonyl (C=O) groups excluding carboxylic acids is 2. The third-order valence-corrected chi connectivity index (χ3v) is 4.71. The van der Waals surface area contributed by atoms with Crippen LogP contribution in [0.3, 0.4) is 0 Å². The van der Waals surface area contributed by atoms with Gasteiger partial charge in [0.1, 0.15) is 0 Å². The van der Waals surface area contributed by atoms with Crippen LogP contribution >= 0.6 is 12.4 Å². The molecule has 0 aromatic heterocycles. The molecule has 1 aliphatic rings. The normalized spacial score (nSPS) is 18.6. The van der Waals surface area contributed by atoms with E-state index >= 15 is 0 Å². The van der Waals surface area contributed by atoms with Gasteiger partial charge in [0.05, 0.1) is 12.0 Å². The second-order valence-corrected chi connectivity index (χ2v) is 6.91. The van der Waals surface area contributed by atoms with Gasteiger partial charge in [-0.3, -0.25) is 14.5 Å². The summed E-state index contributed by atoms with van der Waals surface area (Å²) in [7, 11) is 0. The predicted molar refractivity (Wildman–Crippen MR) is 106 cm³/mol. The summed E-state index contributed by atoms with van der Waals surface area (Å²) in [5.41, 5.74) is 13.5. The smallest absolute Gasteiger partial charge is 0.237 e. The molecule has 2 rings (SSSR count). The Bertz CT molecular complexity index is 597. The Hall–Kier alpha value is -1.63. The molecule has 0 saturated carbocycles. The van der Waals surface area contributed by atoms with E-state index in [1.807, 2.05) is 19.1 Å². The van der Waals surface area contributed by atoms with E-state index in [0.717, 1.165) is 44.5 Å². The average Bonchev–Trinajstić information content (AvgIpc) is 2.60.